The molecule has 1 aromatic carbocycles. The molecule has 1 N–H and O–H groups in total. The Balaban J connectivity index is 1.84. The molecule has 1 aromatic rings. The van der Waals surface area contributed by atoms with Crippen LogP contribution in [0.15, 0.2) is 24.8 Å². The minimum absolute atomic E-state index is 0.120. The van der Waals surface area contributed by atoms with Crippen LogP contribution in [0.1, 0.15) is 37.3 Å². The molecule has 1 aliphatic heterocycles. The molecule has 4 atom stereocenters. The van der Waals surface area contributed by atoms with Crippen LogP contribution >= 0.6 is 0 Å². The molecule has 0 bridgehead atoms. The molecule has 1 fully saturated rings. The van der Waals surface area contributed by atoms with Crippen molar-refractivity contribution in [2.45, 2.75) is 50.2 Å². The summed E-state index contributed by atoms with van der Waals surface area (Å²) in [6.45, 7) is 7.15. The molecule has 0 amide bonds. The van der Waals surface area contributed by atoms with Crippen molar-refractivity contribution in [2.75, 3.05) is 13.7 Å². The first-order valence-corrected chi connectivity index (χ1v) is 8.41. The lowest BCUT2D eigenvalue weighted by atomic mass is 9.56. The van der Waals surface area contributed by atoms with Crippen molar-refractivity contribution in [1.29, 1.82) is 0 Å². The standard InChI is InChI=1S/C19H25NO2/c1-4-10-20-14-11-12-8-9-15(21-3)18-17(12)19(2)13(14)6-5-7-16(19)22-18/h4,8-9,13-14,16,20H,1,5-7,10-11H2,2-3H3/t13-,14+,16-,19+/m1/s1. The second-order valence-electron chi connectivity index (χ2n) is 7.07. The summed E-state index contributed by atoms with van der Waals surface area (Å²) in [7, 11) is 1.74. The first-order valence-electron chi connectivity index (χ1n) is 8.41. The SMILES string of the molecule is C=CCN[C@H]1Cc2ccc(OC)c3c2[C@@]2(C)[C@@H]1CCC[C@H]2O3. The van der Waals surface area contributed by atoms with Gasteiger partial charge in [-0.1, -0.05) is 19.1 Å². The van der Waals surface area contributed by atoms with Crippen molar-refractivity contribution >= 4 is 0 Å². The summed E-state index contributed by atoms with van der Waals surface area (Å²) in [5.41, 5.74) is 2.98. The van der Waals surface area contributed by atoms with Gasteiger partial charge < -0.3 is 14.8 Å². The number of methoxy groups -OCH3 is 1. The lowest BCUT2D eigenvalue weighted by Gasteiger charge is -2.49. The van der Waals surface area contributed by atoms with Gasteiger partial charge in [0.2, 0.25) is 0 Å². The van der Waals surface area contributed by atoms with E-state index in [0.717, 1.165) is 30.9 Å². The van der Waals surface area contributed by atoms with Crippen molar-refractivity contribution in [3.05, 3.63) is 35.9 Å². The van der Waals surface area contributed by atoms with E-state index >= 15 is 0 Å². The molecule has 118 valence electrons. The van der Waals surface area contributed by atoms with Crippen LogP contribution in [0.2, 0.25) is 0 Å². The molecule has 3 nitrogen and oxygen atoms in total. The number of hydrogen-bond donors (Lipinski definition) is 1. The molecule has 0 saturated heterocycles. The van der Waals surface area contributed by atoms with E-state index in [-0.39, 0.29) is 5.41 Å². The topological polar surface area (TPSA) is 30.5 Å². The van der Waals surface area contributed by atoms with Gasteiger partial charge in [0, 0.05) is 23.6 Å². The highest BCUT2D eigenvalue weighted by Gasteiger charge is 2.58. The van der Waals surface area contributed by atoms with Gasteiger partial charge in [-0.15, -0.1) is 6.58 Å². The summed E-state index contributed by atoms with van der Waals surface area (Å²) < 4.78 is 12.0. The molecule has 0 radical (unpaired) electrons. The number of nitrogens with one attached hydrogen (secondary N) is 1. The third-order valence-electron chi connectivity index (χ3n) is 6.10. The van der Waals surface area contributed by atoms with Crippen LogP contribution in [0, 0.1) is 5.92 Å². The number of ether oxygens (including phenoxy) is 2. The molecule has 2 aliphatic carbocycles. The summed E-state index contributed by atoms with van der Waals surface area (Å²) in [6, 6.07) is 4.82. The average Bonchev–Trinajstić information content (AvgIpc) is 2.84. The fraction of sp³-hybridized carbons (Fsp3) is 0.579. The van der Waals surface area contributed by atoms with Crippen molar-refractivity contribution in [3.8, 4) is 11.5 Å². The minimum atomic E-state index is 0.120. The van der Waals surface area contributed by atoms with Crippen molar-refractivity contribution < 1.29 is 9.47 Å². The molecule has 0 aromatic heterocycles. The third kappa shape index (κ3) is 1.72. The van der Waals surface area contributed by atoms with Gasteiger partial charge in [-0.2, -0.15) is 0 Å². The van der Waals surface area contributed by atoms with E-state index in [2.05, 4.69) is 31.0 Å². The molecular formula is C19H25NO2. The van der Waals surface area contributed by atoms with Crippen LogP contribution < -0.4 is 14.8 Å². The highest BCUT2D eigenvalue weighted by atomic mass is 16.5. The zero-order valence-corrected chi connectivity index (χ0v) is 13.5. The zero-order chi connectivity index (χ0) is 15.3. The predicted molar refractivity (Wildman–Crippen MR) is 87.8 cm³/mol. The van der Waals surface area contributed by atoms with Gasteiger partial charge in [-0.3, -0.25) is 0 Å². The maximum Gasteiger partial charge on any atom is 0.165 e. The van der Waals surface area contributed by atoms with Gasteiger partial charge in [0.25, 0.3) is 0 Å². The Bertz CT molecular complexity index is 612. The van der Waals surface area contributed by atoms with Crippen LogP contribution in [0.3, 0.4) is 0 Å². The van der Waals surface area contributed by atoms with E-state index in [0.29, 0.717) is 18.1 Å². The summed E-state index contributed by atoms with van der Waals surface area (Å²) in [4.78, 5) is 0. The van der Waals surface area contributed by atoms with Gasteiger partial charge in [0.15, 0.2) is 11.5 Å². The Labute approximate surface area is 132 Å². The van der Waals surface area contributed by atoms with E-state index < -0.39 is 0 Å². The summed E-state index contributed by atoms with van der Waals surface area (Å²) in [6.07, 6.45) is 7.02. The molecule has 1 saturated carbocycles. The molecule has 0 unspecified atom stereocenters. The highest BCUT2D eigenvalue weighted by Crippen LogP contribution is 2.60. The first kappa shape index (κ1) is 14.1. The number of hydrogen-bond acceptors (Lipinski definition) is 3. The second-order valence-corrected chi connectivity index (χ2v) is 7.07. The minimum Gasteiger partial charge on any atom is -0.493 e. The molecule has 4 rings (SSSR count). The monoisotopic (exact) mass is 299 g/mol. The maximum atomic E-state index is 6.41. The van der Waals surface area contributed by atoms with Crippen molar-refractivity contribution in [3.63, 3.8) is 0 Å². The van der Waals surface area contributed by atoms with E-state index in [1.807, 2.05) is 6.08 Å². The summed E-state index contributed by atoms with van der Waals surface area (Å²) in [5, 5.41) is 3.70. The Morgan fingerprint density at radius 2 is 2.32 bits per heavy atom. The summed E-state index contributed by atoms with van der Waals surface area (Å²) >= 11 is 0. The molecule has 3 heteroatoms. The van der Waals surface area contributed by atoms with Crippen molar-refractivity contribution in [1.82, 2.24) is 5.32 Å². The smallest absolute Gasteiger partial charge is 0.165 e. The molecule has 1 heterocycles. The number of rotatable bonds is 4. The Hall–Kier alpha value is -1.48. The van der Waals surface area contributed by atoms with E-state index in [1.165, 1.54) is 24.0 Å². The largest absolute Gasteiger partial charge is 0.493 e. The zero-order valence-electron chi connectivity index (χ0n) is 13.5. The maximum absolute atomic E-state index is 6.41. The number of benzene rings is 1. The Morgan fingerprint density at radius 3 is 3.09 bits per heavy atom. The average molecular weight is 299 g/mol. The van der Waals surface area contributed by atoms with Gasteiger partial charge in [-0.05, 0) is 43.2 Å². The Kier molecular flexibility index (Phi) is 3.23. The van der Waals surface area contributed by atoms with Crippen LogP contribution in [0.5, 0.6) is 11.5 Å². The van der Waals surface area contributed by atoms with Gasteiger partial charge >= 0.3 is 0 Å². The van der Waals surface area contributed by atoms with E-state index in [1.54, 1.807) is 7.11 Å². The normalized spacial score (nSPS) is 34.7. The van der Waals surface area contributed by atoms with Crippen LogP contribution in [0.4, 0.5) is 0 Å². The lowest BCUT2D eigenvalue weighted by molar-refractivity contribution is 0.0402. The predicted octanol–water partition coefficient (Wildman–Crippen LogP) is 3.21. The van der Waals surface area contributed by atoms with Crippen LogP contribution in [-0.4, -0.2) is 25.8 Å². The molecule has 0 spiro atoms. The molecule has 22 heavy (non-hydrogen) atoms. The van der Waals surface area contributed by atoms with Gasteiger partial charge in [0.05, 0.1) is 7.11 Å². The second kappa shape index (κ2) is 5.02. The van der Waals surface area contributed by atoms with Gasteiger partial charge in [0.1, 0.15) is 6.10 Å². The van der Waals surface area contributed by atoms with Crippen LogP contribution in [-0.2, 0) is 11.8 Å². The third-order valence-corrected chi connectivity index (χ3v) is 6.10. The van der Waals surface area contributed by atoms with E-state index in [4.69, 9.17) is 9.47 Å². The molecular weight excluding hydrogens is 274 g/mol. The van der Waals surface area contributed by atoms with E-state index in [9.17, 15) is 0 Å². The fourth-order valence-corrected chi connectivity index (χ4v) is 5.12. The van der Waals surface area contributed by atoms with Crippen LogP contribution in [0.25, 0.3) is 0 Å². The van der Waals surface area contributed by atoms with Gasteiger partial charge in [-0.25, -0.2) is 0 Å². The molecule has 3 aliphatic rings. The quantitative estimate of drug-likeness (QED) is 0.866. The Morgan fingerprint density at radius 1 is 1.45 bits per heavy atom. The fourth-order valence-electron chi connectivity index (χ4n) is 5.12. The lowest BCUT2D eigenvalue weighted by Crippen LogP contribution is -2.56. The van der Waals surface area contributed by atoms with Crippen molar-refractivity contribution in [2.24, 2.45) is 5.92 Å². The summed E-state index contributed by atoms with van der Waals surface area (Å²) in [5.74, 6) is 2.54. The first-order chi connectivity index (χ1) is 10.7. The highest BCUT2D eigenvalue weighted by molar-refractivity contribution is 5.60.